The van der Waals surface area contributed by atoms with Crippen molar-refractivity contribution in [2.45, 2.75) is 32.1 Å². The van der Waals surface area contributed by atoms with Crippen LogP contribution in [0.1, 0.15) is 26.0 Å². The highest BCUT2D eigenvalue weighted by Gasteiger charge is 2.36. The Bertz CT molecular complexity index is 859. The molecule has 1 aliphatic heterocycles. The van der Waals surface area contributed by atoms with Gasteiger partial charge in [-0.25, -0.2) is 9.36 Å². The lowest BCUT2D eigenvalue weighted by atomic mass is 10.1. The summed E-state index contributed by atoms with van der Waals surface area (Å²) in [6, 6.07) is 1.50. The van der Waals surface area contributed by atoms with Crippen LogP contribution in [0.4, 0.5) is 5.82 Å². The maximum atomic E-state index is 11.9. The van der Waals surface area contributed by atoms with Gasteiger partial charge in [0.2, 0.25) is 0 Å². The number of nitrogens with zero attached hydrogens (tertiary/aromatic N) is 2. The summed E-state index contributed by atoms with van der Waals surface area (Å²) in [5.41, 5.74) is 4.94. The predicted octanol–water partition coefficient (Wildman–Crippen LogP) is 0.371. The third-order valence-corrected chi connectivity index (χ3v) is 5.13. The maximum absolute atomic E-state index is 11.9. The van der Waals surface area contributed by atoms with Crippen LogP contribution in [0.15, 0.2) is 17.1 Å². The van der Waals surface area contributed by atoms with Crippen LogP contribution in [0.25, 0.3) is 0 Å². The number of aldehydes is 1. The molecule has 35 heavy (non-hydrogen) atoms. The number of thiol groups is 1. The van der Waals surface area contributed by atoms with E-state index in [2.05, 4.69) is 36.9 Å². The van der Waals surface area contributed by atoms with Gasteiger partial charge < -0.3 is 30.2 Å². The summed E-state index contributed by atoms with van der Waals surface area (Å²) in [5, 5.41) is 2.79. The van der Waals surface area contributed by atoms with Crippen molar-refractivity contribution in [1.29, 1.82) is 0 Å². The number of nitrogen functional groups attached to an aromatic ring is 1. The molecule has 0 spiro atoms. The summed E-state index contributed by atoms with van der Waals surface area (Å²) in [4.78, 5) is 45.2. The lowest BCUT2D eigenvalue weighted by molar-refractivity contribution is -0.145. The molecule has 4 unspecified atom stereocenters. The number of esters is 1. The van der Waals surface area contributed by atoms with Gasteiger partial charge in [-0.3, -0.25) is 23.2 Å². The summed E-state index contributed by atoms with van der Waals surface area (Å²) in [6.07, 6.45) is 3.62. The maximum Gasteiger partial charge on any atom is 0.474 e. The molecule has 0 aliphatic carbocycles. The molecular weight excluding hydrogens is 507 g/mol. The van der Waals surface area contributed by atoms with Gasteiger partial charge in [-0.2, -0.15) is 17.6 Å². The highest BCUT2D eigenvalue weighted by Crippen LogP contribution is 2.44. The number of methoxy groups -OCH3 is 1. The third-order valence-electron chi connectivity index (χ3n) is 4.23. The molecule has 14 nitrogen and oxygen atoms in total. The number of hydrogen-bond donors (Lipinski definition) is 4. The van der Waals surface area contributed by atoms with E-state index < -0.39 is 25.8 Å². The molecule has 16 heteroatoms. The molecule has 0 aromatic carbocycles. The van der Waals surface area contributed by atoms with E-state index in [-0.39, 0.29) is 37.7 Å². The zero-order valence-electron chi connectivity index (χ0n) is 20.2. The van der Waals surface area contributed by atoms with Crippen molar-refractivity contribution in [1.82, 2.24) is 14.9 Å². The van der Waals surface area contributed by atoms with Crippen LogP contribution in [-0.2, 0) is 37.4 Å². The molecule has 1 aromatic heterocycles. The number of rotatable bonds is 12. The topological polar surface area (TPSA) is 191 Å². The second-order valence-corrected chi connectivity index (χ2v) is 8.36. The number of carbonyl (C=O) groups excluding carboxylic acids is 2. The highest BCUT2D eigenvalue weighted by atomic mass is 32.1. The first-order valence-electron chi connectivity index (χ1n) is 10.4. The first kappa shape index (κ1) is 33.2. The molecule has 2 heterocycles. The zero-order valence-corrected chi connectivity index (χ0v) is 22.0. The van der Waals surface area contributed by atoms with Gasteiger partial charge in [0, 0.05) is 25.8 Å². The quantitative estimate of drug-likeness (QED) is 0.0932. The second-order valence-electron chi connectivity index (χ2n) is 6.91. The molecule has 0 saturated carbocycles. The lowest BCUT2D eigenvalue weighted by Crippen LogP contribution is -2.29. The van der Waals surface area contributed by atoms with Crippen LogP contribution >= 0.6 is 20.5 Å². The fraction of sp³-hybridized carbons (Fsp3) is 0.684. The van der Waals surface area contributed by atoms with E-state index in [0.29, 0.717) is 25.7 Å². The molecule has 4 N–H and O–H groups in total. The minimum Gasteiger partial charge on any atom is -0.458 e. The number of phosphoric ester groups is 1. The van der Waals surface area contributed by atoms with Gasteiger partial charge >= 0.3 is 19.5 Å². The van der Waals surface area contributed by atoms with E-state index in [9.17, 15) is 23.8 Å². The van der Waals surface area contributed by atoms with E-state index in [1.54, 1.807) is 13.3 Å². The van der Waals surface area contributed by atoms with Crippen LogP contribution in [0.3, 0.4) is 0 Å². The van der Waals surface area contributed by atoms with Crippen LogP contribution in [0, 0.1) is 5.92 Å². The summed E-state index contributed by atoms with van der Waals surface area (Å²) in [5.74, 6) is -0.223. The van der Waals surface area contributed by atoms with Gasteiger partial charge in [0.1, 0.15) is 18.7 Å². The number of ether oxygens (including phenoxy) is 3. The number of phosphoric acid groups is 1. The molecule has 1 saturated heterocycles. The van der Waals surface area contributed by atoms with Crippen molar-refractivity contribution in [2.75, 3.05) is 52.7 Å². The summed E-state index contributed by atoms with van der Waals surface area (Å²) in [7, 11) is -1.12. The second kappa shape index (κ2) is 18.4. The monoisotopic (exact) mass is 542 g/mol. The Morgan fingerprint density at radius 3 is 2.71 bits per heavy atom. The average molecular weight is 543 g/mol. The first-order valence-corrected chi connectivity index (χ1v) is 12.8. The van der Waals surface area contributed by atoms with Gasteiger partial charge in [-0.15, -0.1) is 0 Å². The molecule has 1 fully saturated rings. The Hall–Kier alpha value is -1.84. The van der Waals surface area contributed by atoms with Crippen LogP contribution in [0.2, 0.25) is 0 Å². The van der Waals surface area contributed by atoms with Gasteiger partial charge in [0.15, 0.2) is 13.1 Å². The fourth-order valence-electron chi connectivity index (χ4n) is 2.74. The van der Waals surface area contributed by atoms with Crippen LogP contribution in [-0.4, -0.2) is 79.8 Å². The van der Waals surface area contributed by atoms with Gasteiger partial charge in [-0.1, -0.05) is 6.92 Å². The van der Waals surface area contributed by atoms with E-state index in [4.69, 9.17) is 15.0 Å². The van der Waals surface area contributed by atoms with Crippen molar-refractivity contribution in [3.05, 3.63) is 22.7 Å². The number of nitrogens with two attached hydrogens (primary N) is 1. The average Bonchev–Trinajstić information content (AvgIpc) is 3.21. The Labute approximate surface area is 209 Å². The standard InChI is InChI=1S/C12H20N3O7P.C6H11NO3.CH4S/c1-8-5-9(6-20-23(17,18)21-7-19-2)22-11(8)15-4-3-10(13)14-12(15)16;1-7-3-2-6(9)10-5-4-8;1-2/h3-4,8-9,11H,5-7H2,1-2H3,(H,17,18)(H2,13,14,16);4,7H,2-3,5H2,1H3;2H,1H3. The summed E-state index contributed by atoms with van der Waals surface area (Å²) < 4.78 is 37.0. The SMILES string of the molecule is CNCCC(=O)OCC=O.COCOP(=O)(O)OCC1CC(C)C(n2ccc(N)nc2=O)O1.CS. The molecule has 2 rings (SSSR count). The molecule has 1 aliphatic rings. The van der Waals surface area contributed by atoms with Crippen molar-refractivity contribution >= 4 is 38.5 Å². The Balaban J connectivity index is 0.000000813. The third kappa shape index (κ3) is 13.7. The van der Waals surface area contributed by atoms with E-state index in [1.165, 1.54) is 23.9 Å². The Kier molecular flexibility index (Phi) is 17.5. The minimum atomic E-state index is -4.19. The fourth-order valence-corrected chi connectivity index (χ4v) is 3.41. The van der Waals surface area contributed by atoms with Crippen molar-refractivity contribution in [2.24, 2.45) is 5.92 Å². The molecule has 202 valence electrons. The molecule has 0 bridgehead atoms. The number of anilines is 1. The number of carbonyl (C=O) groups is 2. The first-order chi connectivity index (χ1) is 16.6. The van der Waals surface area contributed by atoms with Gasteiger partial charge in [0.25, 0.3) is 0 Å². The van der Waals surface area contributed by atoms with Crippen molar-refractivity contribution in [3.8, 4) is 0 Å². The molecule has 1 aromatic rings. The molecule has 0 radical (unpaired) electrons. The summed E-state index contributed by atoms with van der Waals surface area (Å²) in [6.45, 7) is 1.84. The summed E-state index contributed by atoms with van der Waals surface area (Å²) >= 11 is 3.53. The van der Waals surface area contributed by atoms with Gasteiger partial charge in [0.05, 0.1) is 19.1 Å². The number of nitrogens with one attached hydrogen (secondary N) is 1. The minimum absolute atomic E-state index is 0.00954. The molecule has 0 amide bonds. The molecular formula is C19H35N4O10PS. The predicted molar refractivity (Wildman–Crippen MR) is 130 cm³/mol. The molecule has 4 atom stereocenters. The van der Waals surface area contributed by atoms with Crippen LogP contribution < -0.4 is 16.7 Å². The van der Waals surface area contributed by atoms with Crippen LogP contribution in [0.5, 0.6) is 0 Å². The van der Waals surface area contributed by atoms with E-state index in [0.717, 1.165) is 0 Å². The van der Waals surface area contributed by atoms with E-state index >= 15 is 0 Å². The largest absolute Gasteiger partial charge is 0.474 e. The van der Waals surface area contributed by atoms with E-state index in [1.807, 2.05) is 6.92 Å². The van der Waals surface area contributed by atoms with Crippen molar-refractivity contribution < 1.29 is 42.3 Å². The van der Waals surface area contributed by atoms with Crippen molar-refractivity contribution in [3.63, 3.8) is 0 Å². The van der Waals surface area contributed by atoms with Gasteiger partial charge in [-0.05, 0) is 25.8 Å². The highest BCUT2D eigenvalue weighted by molar-refractivity contribution is 7.79. The smallest absolute Gasteiger partial charge is 0.458 e. The Morgan fingerprint density at radius 2 is 2.14 bits per heavy atom. The zero-order chi connectivity index (χ0) is 26.9. The Morgan fingerprint density at radius 1 is 1.46 bits per heavy atom. The lowest BCUT2D eigenvalue weighted by Gasteiger charge is -2.18. The normalized spacial score (nSPS) is 20.5. The number of hydrogen-bond acceptors (Lipinski definition) is 13. The number of aromatic nitrogens is 2.